The quantitative estimate of drug-likeness (QED) is 0.734. The van der Waals surface area contributed by atoms with Gasteiger partial charge in [-0.2, -0.15) is 4.31 Å². The van der Waals surface area contributed by atoms with Crippen molar-refractivity contribution < 1.29 is 13.2 Å². The predicted molar refractivity (Wildman–Crippen MR) is 94.0 cm³/mol. The van der Waals surface area contributed by atoms with Gasteiger partial charge in [0.25, 0.3) is 0 Å². The van der Waals surface area contributed by atoms with Crippen LogP contribution in [-0.4, -0.2) is 44.5 Å². The van der Waals surface area contributed by atoms with Crippen LogP contribution in [0.15, 0.2) is 24.3 Å². The minimum atomic E-state index is -3.38. The molecule has 0 aromatic heterocycles. The van der Waals surface area contributed by atoms with E-state index in [-0.39, 0.29) is 12.5 Å². The first-order chi connectivity index (χ1) is 10.7. The van der Waals surface area contributed by atoms with Crippen molar-refractivity contribution in [2.75, 3.05) is 25.9 Å². The molecule has 1 aromatic carbocycles. The van der Waals surface area contributed by atoms with Crippen molar-refractivity contribution in [3.63, 3.8) is 0 Å². The molecule has 5 nitrogen and oxygen atoms in total. The maximum atomic E-state index is 12.0. The summed E-state index contributed by atoms with van der Waals surface area (Å²) in [6, 6.07) is 7.41. The molecule has 0 saturated heterocycles. The summed E-state index contributed by atoms with van der Waals surface area (Å²) in [5, 5.41) is 3.43. The summed E-state index contributed by atoms with van der Waals surface area (Å²) in [4.78, 5) is 12.0. The van der Waals surface area contributed by atoms with Crippen LogP contribution in [0.4, 0.5) is 0 Å². The zero-order valence-corrected chi connectivity index (χ0v) is 15.5. The summed E-state index contributed by atoms with van der Waals surface area (Å²) >= 11 is 5.82. The molecule has 23 heavy (non-hydrogen) atoms. The molecule has 0 heterocycles. The molecule has 1 N–H and O–H groups in total. The molecule has 0 saturated carbocycles. The Labute approximate surface area is 144 Å². The second-order valence-corrected chi connectivity index (χ2v) is 8.42. The van der Waals surface area contributed by atoms with Gasteiger partial charge in [-0.05, 0) is 36.5 Å². The maximum absolute atomic E-state index is 12.0. The molecule has 0 fully saturated rings. The van der Waals surface area contributed by atoms with Gasteiger partial charge in [0, 0.05) is 18.1 Å². The number of rotatable bonds is 9. The second-order valence-electron chi connectivity index (χ2n) is 6.01. The zero-order valence-electron chi connectivity index (χ0n) is 13.9. The van der Waals surface area contributed by atoms with Crippen LogP contribution in [-0.2, 0) is 21.2 Å². The summed E-state index contributed by atoms with van der Waals surface area (Å²) in [6.07, 6.45) is 2.53. The topological polar surface area (TPSA) is 66.5 Å². The standard InChI is InChI=1S/C16H25ClN2O3S/c1-13(2)9-11-19(23(3,21)22)12-16(20)18-10-8-14-4-6-15(17)7-5-14/h4-7,13H,8-12H2,1-3H3,(H,18,20). The molecule has 1 aromatic rings. The van der Waals surface area contributed by atoms with Crippen LogP contribution in [0, 0.1) is 5.92 Å². The van der Waals surface area contributed by atoms with Crippen LogP contribution in [0.3, 0.4) is 0 Å². The van der Waals surface area contributed by atoms with E-state index in [1.165, 1.54) is 4.31 Å². The Morgan fingerprint density at radius 3 is 2.39 bits per heavy atom. The number of benzene rings is 1. The molecule has 130 valence electrons. The highest BCUT2D eigenvalue weighted by Crippen LogP contribution is 2.09. The summed E-state index contributed by atoms with van der Waals surface area (Å²) in [5.74, 6) is 0.0976. The Bertz CT molecular complexity index is 600. The van der Waals surface area contributed by atoms with Crippen molar-refractivity contribution in [1.29, 1.82) is 0 Å². The number of sulfonamides is 1. The van der Waals surface area contributed by atoms with Gasteiger partial charge < -0.3 is 5.32 Å². The normalized spacial score (nSPS) is 11.9. The fourth-order valence-electron chi connectivity index (χ4n) is 1.98. The van der Waals surface area contributed by atoms with E-state index in [4.69, 9.17) is 11.6 Å². The van der Waals surface area contributed by atoms with E-state index in [1.807, 2.05) is 26.0 Å². The monoisotopic (exact) mass is 360 g/mol. The first kappa shape index (κ1) is 19.9. The Morgan fingerprint density at radius 2 is 1.87 bits per heavy atom. The lowest BCUT2D eigenvalue weighted by atomic mass is 10.1. The number of nitrogens with one attached hydrogen (secondary N) is 1. The van der Waals surface area contributed by atoms with E-state index in [9.17, 15) is 13.2 Å². The van der Waals surface area contributed by atoms with Crippen molar-refractivity contribution in [1.82, 2.24) is 9.62 Å². The molecule has 0 atom stereocenters. The van der Waals surface area contributed by atoms with E-state index in [1.54, 1.807) is 12.1 Å². The number of amides is 1. The lowest BCUT2D eigenvalue weighted by molar-refractivity contribution is -0.121. The summed E-state index contributed by atoms with van der Waals surface area (Å²) < 4.78 is 24.7. The van der Waals surface area contributed by atoms with Gasteiger partial charge >= 0.3 is 0 Å². The molecule has 1 amide bonds. The highest BCUT2D eigenvalue weighted by atomic mass is 35.5. The minimum absolute atomic E-state index is 0.133. The largest absolute Gasteiger partial charge is 0.355 e. The van der Waals surface area contributed by atoms with Gasteiger partial charge in [-0.15, -0.1) is 0 Å². The maximum Gasteiger partial charge on any atom is 0.235 e. The van der Waals surface area contributed by atoms with Crippen molar-refractivity contribution in [3.8, 4) is 0 Å². The SMILES string of the molecule is CC(C)CCN(CC(=O)NCCc1ccc(Cl)cc1)S(C)(=O)=O. The van der Waals surface area contributed by atoms with E-state index in [0.29, 0.717) is 30.5 Å². The van der Waals surface area contributed by atoms with Gasteiger partial charge in [-0.1, -0.05) is 37.6 Å². The van der Waals surface area contributed by atoms with Gasteiger partial charge in [0.1, 0.15) is 0 Å². The van der Waals surface area contributed by atoms with E-state index in [2.05, 4.69) is 5.32 Å². The zero-order chi connectivity index (χ0) is 17.5. The molecule has 0 radical (unpaired) electrons. The highest BCUT2D eigenvalue weighted by molar-refractivity contribution is 7.88. The van der Waals surface area contributed by atoms with Gasteiger partial charge in [0.05, 0.1) is 12.8 Å². The van der Waals surface area contributed by atoms with Crippen molar-refractivity contribution in [2.45, 2.75) is 26.7 Å². The second kappa shape index (κ2) is 9.25. The number of hydrogen-bond donors (Lipinski definition) is 1. The Morgan fingerprint density at radius 1 is 1.26 bits per heavy atom. The average molecular weight is 361 g/mol. The third-order valence-corrected chi connectivity index (χ3v) is 4.90. The Kier molecular flexibility index (Phi) is 8.02. The van der Waals surface area contributed by atoms with Crippen LogP contribution in [0.5, 0.6) is 0 Å². The van der Waals surface area contributed by atoms with Gasteiger partial charge in [0.2, 0.25) is 15.9 Å². The smallest absolute Gasteiger partial charge is 0.235 e. The predicted octanol–water partition coefficient (Wildman–Crippen LogP) is 2.31. The van der Waals surface area contributed by atoms with Gasteiger partial charge in [-0.25, -0.2) is 8.42 Å². The van der Waals surface area contributed by atoms with Crippen LogP contribution in [0.2, 0.25) is 5.02 Å². The average Bonchev–Trinajstić information content (AvgIpc) is 2.44. The molecule has 0 aliphatic carbocycles. The lowest BCUT2D eigenvalue weighted by Crippen LogP contribution is -2.41. The van der Waals surface area contributed by atoms with Crippen LogP contribution in [0.1, 0.15) is 25.8 Å². The van der Waals surface area contributed by atoms with Gasteiger partial charge in [0.15, 0.2) is 0 Å². The molecule has 0 bridgehead atoms. The number of hydrogen-bond acceptors (Lipinski definition) is 3. The first-order valence-corrected chi connectivity index (χ1v) is 9.87. The molecule has 0 spiro atoms. The molecular formula is C16H25ClN2O3S. The molecule has 1 rings (SSSR count). The Balaban J connectivity index is 2.44. The highest BCUT2D eigenvalue weighted by Gasteiger charge is 2.19. The first-order valence-electron chi connectivity index (χ1n) is 7.64. The molecule has 0 aliphatic rings. The van der Waals surface area contributed by atoms with Crippen LogP contribution in [0.25, 0.3) is 0 Å². The van der Waals surface area contributed by atoms with Gasteiger partial charge in [-0.3, -0.25) is 4.79 Å². The van der Waals surface area contributed by atoms with Crippen molar-refractivity contribution >= 4 is 27.5 Å². The number of carbonyl (C=O) groups is 1. The van der Waals surface area contributed by atoms with E-state index < -0.39 is 10.0 Å². The summed E-state index contributed by atoms with van der Waals surface area (Å²) in [6.45, 7) is 4.73. The fourth-order valence-corrected chi connectivity index (χ4v) is 2.89. The van der Waals surface area contributed by atoms with E-state index in [0.717, 1.165) is 18.2 Å². The van der Waals surface area contributed by atoms with Crippen LogP contribution < -0.4 is 5.32 Å². The fraction of sp³-hybridized carbons (Fsp3) is 0.562. The molecule has 0 unspecified atom stereocenters. The van der Waals surface area contributed by atoms with Crippen molar-refractivity contribution in [2.24, 2.45) is 5.92 Å². The van der Waals surface area contributed by atoms with Crippen molar-refractivity contribution in [3.05, 3.63) is 34.9 Å². The number of nitrogens with zero attached hydrogens (tertiary/aromatic N) is 1. The number of halogens is 1. The Hall–Kier alpha value is -1.11. The molecular weight excluding hydrogens is 336 g/mol. The summed E-state index contributed by atoms with van der Waals surface area (Å²) in [7, 11) is -3.38. The third-order valence-electron chi connectivity index (χ3n) is 3.39. The summed E-state index contributed by atoms with van der Waals surface area (Å²) in [5.41, 5.74) is 1.06. The minimum Gasteiger partial charge on any atom is -0.355 e. The van der Waals surface area contributed by atoms with E-state index >= 15 is 0 Å². The van der Waals surface area contributed by atoms with Crippen LogP contribution >= 0.6 is 11.6 Å². The lowest BCUT2D eigenvalue weighted by Gasteiger charge is -2.20. The third kappa shape index (κ3) is 8.34. The molecule has 7 heteroatoms. The molecule has 0 aliphatic heterocycles. The number of carbonyl (C=O) groups excluding carboxylic acids is 1.